The number of phenols is 1. The lowest BCUT2D eigenvalue weighted by Gasteiger charge is -2.26. The van der Waals surface area contributed by atoms with Gasteiger partial charge in [0.25, 0.3) is 0 Å². The number of aromatic hydroxyl groups is 1. The normalized spacial score (nSPS) is 18.2. The first-order chi connectivity index (χ1) is 13.3. The number of hydrogen-bond acceptors (Lipinski definition) is 4. The summed E-state index contributed by atoms with van der Waals surface area (Å²) in [6.45, 7) is 2.52. The van der Waals surface area contributed by atoms with Gasteiger partial charge in [-0.05, 0) is 36.6 Å². The number of carbonyl (C=O) groups is 1. The lowest BCUT2D eigenvalue weighted by Crippen LogP contribution is -2.32. The fourth-order valence-electron chi connectivity index (χ4n) is 3.64. The van der Waals surface area contributed by atoms with Crippen LogP contribution in [-0.2, 0) is 17.7 Å². The monoisotopic (exact) mass is 422 g/mol. The molecule has 2 amide bonds. The van der Waals surface area contributed by atoms with Crippen molar-refractivity contribution in [3.05, 3.63) is 52.5 Å². The van der Waals surface area contributed by atoms with Gasteiger partial charge >= 0.3 is 6.03 Å². The van der Waals surface area contributed by atoms with Gasteiger partial charge < -0.3 is 15.4 Å². The molecule has 28 heavy (non-hydrogen) atoms. The van der Waals surface area contributed by atoms with Gasteiger partial charge in [0.1, 0.15) is 5.75 Å². The number of nitrogens with two attached hydrogens (primary N) is 1. The third-order valence-corrected chi connectivity index (χ3v) is 6.07. The van der Waals surface area contributed by atoms with Gasteiger partial charge in [-0.1, -0.05) is 36.7 Å². The molecular weight excluding hydrogens is 402 g/mol. The van der Waals surface area contributed by atoms with Gasteiger partial charge in [0.15, 0.2) is 0 Å². The quantitative estimate of drug-likeness (QED) is 0.719. The smallest absolute Gasteiger partial charge is 0.324 e. The first kappa shape index (κ1) is 20.6. The highest BCUT2D eigenvalue weighted by atomic mass is 35.5. The van der Waals surface area contributed by atoms with Gasteiger partial charge in [0, 0.05) is 40.9 Å². The SMILES string of the molecule is CCc1ccccc1N(C(N)=O)c1ccc(Cl)c([C@H]2CCN(S(=O)[O-])C2)c1O. The molecule has 3 rings (SSSR count). The van der Waals surface area contributed by atoms with Crippen LogP contribution in [0.15, 0.2) is 36.4 Å². The fourth-order valence-corrected chi connectivity index (χ4v) is 4.50. The molecule has 0 spiro atoms. The zero-order chi connectivity index (χ0) is 20.4. The van der Waals surface area contributed by atoms with Gasteiger partial charge in [-0.3, -0.25) is 9.11 Å². The molecule has 2 atom stereocenters. The van der Waals surface area contributed by atoms with Crippen molar-refractivity contribution >= 4 is 40.3 Å². The summed E-state index contributed by atoms with van der Waals surface area (Å²) in [7, 11) is 0. The topological polar surface area (TPSA) is 110 Å². The first-order valence-corrected chi connectivity index (χ1v) is 10.3. The molecule has 0 aromatic heterocycles. The van der Waals surface area contributed by atoms with E-state index in [0.717, 1.165) is 5.56 Å². The third kappa shape index (κ3) is 3.86. The largest absolute Gasteiger partial charge is 0.760 e. The van der Waals surface area contributed by atoms with Crippen LogP contribution in [0.1, 0.15) is 30.4 Å². The number of amides is 2. The summed E-state index contributed by atoms with van der Waals surface area (Å²) in [6, 6.07) is 9.69. The molecule has 1 saturated heterocycles. The summed E-state index contributed by atoms with van der Waals surface area (Å²) in [5, 5.41) is 11.3. The second-order valence-electron chi connectivity index (χ2n) is 6.58. The van der Waals surface area contributed by atoms with Crippen LogP contribution in [0.25, 0.3) is 0 Å². The van der Waals surface area contributed by atoms with E-state index in [4.69, 9.17) is 17.3 Å². The predicted octanol–water partition coefficient (Wildman–Crippen LogP) is 3.41. The number of phenolic OH excluding ortho intramolecular Hbond substituents is 1. The van der Waals surface area contributed by atoms with Crippen molar-refractivity contribution < 1.29 is 18.7 Å². The number of aryl methyl sites for hydroxylation is 1. The second kappa shape index (κ2) is 8.48. The molecule has 7 nitrogen and oxygen atoms in total. The first-order valence-electron chi connectivity index (χ1n) is 8.88. The lowest BCUT2D eigenvalue weighted by atomic mass is 9.96. The highest BCUT2D eigenvalue weighted by Crippen LogP contribution is 2.45. The number of urea groups is 1. The van der Waals surface area contributed by atoms with Crippen LogP contribution in [0.3, 0.4) is 0 Å². The second-order valence-corrected chi connectivity index (χ2v) is 7.93. The summed E-state index contributed by atoms with van der Waals surface area (Å²) >= 11 is 4.00. The molecule has 0 saturated carbocycles. The summed E-state index contributed by atoms with van der Waals surface area (Å²) in [6.07, 6.45) is 1.20. The zero-order valence-electron chi connectivity index (χ0n) is 15.3. The van der Waals surface area contributed by atoms with Crippen LogP contribution < -0.4 is 10.6 Å². The molecule has 9 heteroatoms. The summed E-state index contributed by atoms with van der Waals surface area (Å²) in [4.78, 5) is 13.6. The zero-order valence-corrected chi connectivity index (χ0v) is 16.9. The minimum atomic E-state index is -2.33. The van der Waals surface area contributed by atoms with Crippen molar-refractivity contribution in [1.29, 1.82) is 0 Å². The average Bonchev–Trinajstić information content (AvgIpc) is 3.14. The molecule has 3 N–H and O–H groups in total. The van der Waals surface area contributed by atoms with E-state index in [1.165, 1.54) is 15.3 Å². The van der Waals surface area contributed by atoms with Gasteiger partial charge in [-0.15, -0.1) is 0 Å². The minimum Gasteiger partial charge on any atom is -0.760 e. The maximum Gasteiger partial charge on any atom is 0.324 e. The lowest BCUT2D eigenvalue weighted by molar-refractivity contribution is 0.256. The van der Waals surface area contributed by atoms with E-state index >= 15 is 0 Å². The van der Waals surface area contributed by atoms with Gasteiger partial charge in [0.05, 0.1) is 11.4 Å². The van der Waals surface area contributed by atoms with Crippen LogP contribution in [0.2, 0.25) is 5.02 Å². The number of hydrogen-bond donors (Lipinski definition) is 2. The van der Waals surface area contributed by atoms with Crippen molar-refractivity contribution in [3.63, 3.8) is 0 Å². The summed E-state index contributed by atoms with van der Waals surface area (Å²) in [5.41, 5.74) is 7.76. The molecule has 0 bridgehead atoms. The Morgan fingerprint density at radius 1 is 1.36 bits per heavy atom. The Kier molecular flexibility index (Phi) is 6.24. The number of anilines is 2. The molecule has 1 aliphatic rings. The molecule has 1 heterocycles. The van der Waals surface area contributed by atoms with Crippen molar-refractivity contribution in [2.24, 2.45) is 5.73 Å². The molecule has 1 aliphatic heterocycles. The van der Waals surface area contributed by atoms with Crippen molar-refractivity contribution in [2.75, 3.05) is 18.0 Å². The van der Waals surface area contributed by atoms with E-state index in [1.54, 1.807) is 18.2 Å². The average molecular weight is 423 g/mol. The predicted molar refractivity (Wildman–Crippen MR) is 109 cm³/mol. The number of para-hydroxylation sites is 1. The Morgan fingerprint density at radius 3 is 2.68 bits per heavy atom. The Balaban J connectivity index is 2.09. The van der Waals surface area contributed by atoms with E-state index in [1.807, 2.05) is 19.1 Å². The Hall–Kier alpha value is -2.13. The van der Waals surface area contributed by atoms with Crippen LogP contribution >= 0.6 is 11.6 Å². The molecule has 1 fully saturated rings. The molecule has 150 valence electrons. The maximum absolute atomic E-state index is 12.3. The van der Waals surface area contributed by atoms with E-state index in [9.17, 15) is 18.7 Å². The number of rotatable bonds is 5. The number of nitrogens with zero attached hydrogens (tertiary/aromatic N) is 2. The Bertz CT molecular complexity index is 924. The number of carbonyl (C=O) groups excluding carboxylic acids is 1. The maximum atomic E-state index is 12.3. The van der Waals surface area contributed by atoms with Gasteiger partial charge in [-0.25, -0.2) is 9.10 Å². The van der Waals surface area contributed by atoms with Crippen molar-refractivity contribution in [1.82, 2.24) is 4.31 Å². The van der Waals surface area contributed by atoms with Gasteiger partial charge in [0.2, 0.25) is 0 Å². The van der Waals surface area contributed by atoms with Gasteiger partial charge in [-0.2, -0.15) is 0 Å². The van der Waals surface area contributed by atoms with E-state index < -0.39 is 17.3 Å². The van der Waals surface area contributed by atoms with Crippen LogP contribution in [0.4, 0.5) is 16.2 Å². The molecule has 1 unspecified atom stereocenters. The van der Waals surface area contributed by atoms with Crippen LogP contribution in [0, 0.1) is 0 Å². The van der Waals surface area contributed by atoms with E-state index in [2.05, 4.69) is 0 Å². The third-order valence-electron chi connectivity index (χ3n) is 4.99. The van der Waals surface area contributed by atoms with Crippen LogP contribution in [-0.4, -0.2) is 37.3 Å². The molecule has 0 radical (unpaired) electrons. The van der Waals surface area contributed by atoms with Crippen molar-refractivity contribution in [3.8, 4) is 5.75 Å². The van der Waals surface area contributed by atoms with E-state index in [-0.39, 0.29) is 23.9 Å². The number of benzene rings is 2. The molecular formula is C19H21ClN3O4S-. The summed E-state index contributed by atoms with van der Waals surface area (Å²) < 4.78 is 23.7. The Morgan fingerprint density at radius 2 is 2.07 bits per heavy atom. The van der Waals surface area contributed by atoms with Crippen molar-refractivity contribution in [2.45, 2.75) is 25.7 Å². The number of primary amides is 1. The molecule has 0 aliphatic carbocycles. The van der Waals surface area contributed by atoms with Crippen LogP contribution in [0.5, 0.6) is 5.75 Å². The molecule has 2 aromatic rings. The van der Waals surface area contributed by atoms with E-state index in [0.29, 0.717) is 35.7 Å². The Labute approximate surface area is 171 Å². The molecule has 2 aromatic carbocycles. The standard InChI is InChI=1S/C19H22ClN3O4S/c1-2-12-5-3-4-6-15(12)23(19(21)25)16-8-7-14(20)17(18(16)24)13-9-10-22(11-13)28(26)27/h3-8,13,24H,2,9-11H2,1H3,(H2,21,25)(H,26,27)/p-1/t13-/m0/s1. The highest BCUT2D eigenvalue weighted by molar-refractivity contribution is 7.76. The fraction of sp³-hybridized carbons (Fsp3) is 0.316. The minimum absolute atomic E-state index is 0.166. The summed E-state index contributed by atoms with van der Waals surface area (Å²) in [5.74, 6) is -0.442. The highest BCUT2D eigenvalue weighted by Gasteiger charge is 2.31. The number of halogens is 1.